The lowest BCUT2D eigenvalue weighted by molar-refractivity contribution is 0.556. The Bertz CT molecular complexity index is 652. The van der Waals surface area contributed by atoms with Crippen LogP contribution in [0.3, 0.4) is 0 Å². The molecule has 0 aliphatic heterocycles. The van der Waals surface area contributed by atoms with Gasteiger partial charge in [0.1, 0.15) is 21.2 Å². The molecule has 0 aliphatic carbocycles. The molecular formula is C13H18N4O2S. The molecule has 0 aliphatic rings. The Balaban J connectivity index is 2.03. The Kier molecular flexibility index (Phi) is 4.51. The minimum Gasteiger partial charge on any atom is -0.308 e. The highest BCUT2D eigenvalue weighted by Gasteiger charge is 2.13. The van der Waals surface area contributed by atoms with E-state index in [0.29, 0.717) is 6.54 Å². The van der Waals surface area contributed by atoms with Gasteiger partial charge in [-0.25, -0.2) is 8.42 Å². The molecule has 1 unspecified atom stereocenters. The Morgan fingerprint density at radius 1 is 1.25 bits per heavy atom. The first-order chi connectivity index (χ1) is 9.46. The van der Waals surface area contributed by atoms with E-state index in [2.05, 4.69) is 20.7 Å². The van der Waals surface area contributed by atoms with Crippen LogP contribution < -0.4 is 5.32 Å². The van der Waals surface area contributed by atoms with Gasteiger partial charge in [0.25, 0.3) is 0 Å². The number of benzene rings is 1. The Labute approximate surface area is 118 Å². The van der Waals surface area contributed by atoms with Crippen molar-refractivity contribution in [1.29, 1.82) is 0 Å². The largest absolute Gasteiger partial charge is 0.308 e. The fourth-order valence-corrected chi connectivity index (χ4v) is 3.01. The van der Waals surface area contributed by atoms with Gasteiger partial charge in [0, 0.05) is 24.4 Å². The molecular weight excluding hydrogens is 276 g/mol. The molecule has 1 aromatic heterocycles. The SMILES string of the molecule is CC(CS(C)(=O)=O)NCc1n[nH]nc1-c1ccccc1. The third-order valence-electron chi connectivity index (χ3n) is 2.84. The number of aromatic nitrogens is 3. The second kappa shape index (κ2) is 6.15. The predicted molar refractivity (Wildman–Crippen MR) is 77.8 cm³/mol. The van der Waals surface area contributed by atoms with E-state index in [0.717, 1.165) is 17.0 Å². The van der Waals surface area contributed by atoms with E-state index in [9.17, 15) is 8.42 Å². The molecule has 2 N–H and O–H groups in total. The van der Waals surface area contributed by atoms with E-state index in [1.54, 1.807) is 0 Å². The van der Waals surface area contributed by atoms with Crippen molar-refractivity contribution in [3.63, 3.8) is 0 Å². The van der Waals surface area contributed by atoms with Gasteiger partial charge in [0.15, 0.2) is 0 Å². The Morgan fingerprint density at radius 3 is 2.60 bits per heavy atom. The van der Waals surface area contributed by atoms with Gasteiger partial charge >= 0.3 is 0 Å². The van der Waals surface area contributed by atoms with Crippen LogP contribution in [0.1, 0.15) is 12.6 Å². The molecule has 20 heavy (non-hydrogen) atoms. The number of nitrogens with one attached hydrogen (secondary N) is 2. The maximum Gasteiger partial charge on any atom is 0.148 e. The summed E-state index contributed by atoms with van der Waals surface area (Å²) in [6, 6.07) is 9.60. The molecule has 0 spiro atoms. The van der Waals surface area contributed by atoms with Crippen LogP contribution in [0.5, 0.6) is 0 Å². The number of H-pyrrole nitrogens is 1. The predicted octanol–water partition coefficient (Wildman–Crippen LogP) is 0.994. The smallest absolute Gasteiger partial charge is 0.148 e. The molecule has 0 bridgehead atoms. The van der Waals surface area contributed by atoms with Gasteiger partial charge in [-0.15, -0.1) is 0 Å². The van der Waals surface area contributed by atoms with Crippen LogP contribution in [0, 0.1) is 0 Å². The molecule has 0 saturated carbocycles. The second-order valence-corrected chi connectivity index (χ2v) is 7.04. The number of aromatic amines is 1. The van der Waals surface area contributed by atoms with Gasteiger partial charge in [0.05, 0.1) is 5.75 Å². The molecule has 0 radical (unpaired) electrons. The average Bonchev–Trinajstić information content (AvgIpc) is 2.83. The lowest BCUT2D eigenvalue weighted by Gasteiger charge is -2.11. The zero-order chi connectivity index (χ0) is 14.6. The summed E-state index contributed by atoms with van der Waals surface area (Å²) in [7, 11) is -2.98. The topological polar surface area (TPSA) is 87.7 Å². The quantitative estimate of drug-likeness (QED) is 0.829. The molecule has 0 fully saturated rings. The second-order valence-electron chi connectivity index (χ2n) is 4.86. The average molecular weight is 294 g/mol. The van der Waals surface area contributed by atoms with Crippen molar-refractivity contribution < 1.29 is 8.42 Å². The van der Waals surface area contributed by atoms with Crippen LogP contribution in [0.25, 0.3) is 11.3 Å². The van der Waals surface area contributed by atoms with E-state index in [1.165, 1.54) is 6.26 Å². The van der Waals surface area contributed by atoms with Crippen molar-refractivity contribution in [3.8, 4) is 11.3 Å². The number of hydrogen-bond acceptors (Lipinski definition) is 5. The molecule has 7 heteroatoms. The number of sulfone groups is 1. The molecule has 2 aromatic rings. The van der Waals surface area contributed by atoms with E-state index in [4.69, 9.17) is 0 Å². The molecule has 6 nitrogen and oxygen atoms in total. The summed E-state index contributed by atoms with van der Waals surface area (Å²) in [5.41, 5.74) is 2.54. The molecule has 0 amide bonds. The van der Waals surface area contributed by atoms with Crippen molar-refractivity contribution in [2.45, 2.75) is 19.5 Å². The van der Waals surface area contributed by atoms with Gasteiger partial charge in [-0.05, 0) is 6.92 Å². The van der Waals surface area contributed by atoms with E-state index >= 15 is 0 Å². The van der Waals surface area contributed by atoms with Gasteiger partial charge in [-0.2, -0.15) is 15.4 Å². The molecule has 0 saturated heterocycles. The molecule has 1 heterocycles. The first-order valence-corrected chi connectivity index (χ1v) is 8.38. The minimum absolute atomic E-state index is 0.103. The summed E-state index contributed by atoms with van der Waals surface area (Å²) < 4.78 is 22.4. The Hall–Kier alpha value is -1.73. The maximum atomic E-state index is 11.2. The summed E-state index contributed by atoms with van der Waals surface area (Å²) in [5, 5.41) is 14.0. The first kappa shape index (κ1) is 14.7. The maximum absolute atomic E-state index is 11.2. The third-order valence-corrected chi connectivity index (χ3v) is 3.94. The van der Waals surface area contributed by atoms with Crippen molar-refractivity contribution in [1.82, 2.24) is 20.7 Å². The molecule has 1 aromatic carbocycles. The van der Waals surface area contributed by atoms with E-state index in [-0.39, 0.29) is 11.8 Å². The van der Waals surface area contributed by atoms with Crippen LogP contribution in [0.4, 0.5) is 0 Å². The van der Waals surface area contributed by atoms with Crippen LogP contribution in [-0.4, -0.2) is 41.9 Å². The van der Waals surface area contributed by atoms with Crippen LogP contribution in [0.2, 0.25) is 0 Å². The fourth-order valence-electron chi connectivity index (χ4n) is 1.99. The van der Waals surface area contributed by atoms with Crippen LogP contribution in [0.15, 0.2) is 30.3 Å². The highest BCUT2D eigenvalue weighted by atomic mass is 32.2. The van der Waals surface area contributed by atoms with Gasteiger partial charge in [-0.1, -0.05) is 30.3 Å². The summed E-state index contributed by atoms with van der Waals surface area (Å²) in [5.74, 6) is 0.103. The van der Waals surface area contributed by atoms with E-state index < -0.39 is 9.84 Å². The molecule has 108 valence electrons. The van der Waals surface area contributed by atoms with Gasteiger partial charge < -0.3 is 5.32 Å². The first-order valence-electron chi connectivity index (χ1n) is 6.32. The zero-order valence-electron chi connectivity index (χ0n) is 11.5. The number of nitrogens with zero attached hydrogens (tertiary/aromatic N) is 2. The highest BCUT2D eigenvalue weighted by molar-refractivity contribution is 7.90. The van der Waals surface area contributed by atoms with Gasteiger partial charge in [0.2, 0.25) is 0 Å². The normalized spacial score (nSPS) is 13.3. The number of rotatable bonds is 6. The van der Waals surface area contributed by atoms with Gasteiger partial charge in [-0.3, -0.25) is 0 Å². The Morgan fingerprint density at radius 2 is 1.95 bits per heavy atom. The van der Waals surface area contributed by atoms with Crippen molar-refractivity contribution in [2.75, 3.05) is 12.0 Å². The number of hydrogen-bond donors (Lipinski definition) is 2. The van der Waals surface area contributed by atoms with Crippen molar-refractivity contribution >= 4 is 9.84 Å². The lowest BCUT2D eigenvalue weighted by Crippen LogP contribution is -2.32. The standard InChI is InChI=1S/C13H18N4O2S/c1-10(9-20(2,18)19)14-8-12-13(16-17-15-12)11-6-4-3-5-7-11/h3-7,10,14H,8-9H2,1-2H3,(H,15,16,17). The van der Waals surface area contributed by atoms with E-state index in [1.807, 2.05) is 37.3 Å². The summed E-state index contributed by atoms with van der Waals surface area (Å²) in [6.07, 6.45) is 1.23. The van der Waals surface area contributed by atoms with Crippen molar-refractivity contribution in [3.05, 3.63) is 36.0 Å². The third kappa shape index (κ3) is 4.14. The monoisotopic (exact) mass is 294 g/mol. The van der Waals surface area contributed by atoms with Crippen LogP contribution in [-0.2, 0) is 16.4 Å². The summed E-state index contributed by atoms with van der Waals surface area (Å²) >= 11 is 0. The van der Waals surface area contributed by atoms with Crippen LogP contribution >= 0.6 is 0 Å². The van der Waals surface area contributed by atoms with Crippen molar-refractivity contribution in [2.24, 2.45) is 0 Å². The lowest BCUT2D eigenvalue weighted by atomic mass is 10.1. The fraction of sp³-hybridized carbons (Fsp3) is 0.385. The zero-order valence-corrected chi connectivity index (χ0v) is 12.3. The molecule has 2 rings (SSSR count). The minimum atomic E-state index is -2.98. The summed E-state index contributed by atoms with van der Waals surface area (Å²) in [6.45, 7) is 2.31. The summed E-state index contributed by atoms with van der Waals surface area (Å²) in [4.78, 5) is 0. The highest BCUT2D eigenvalue weighted by Crippen LogP contribution is 2.18. The molecule has 1 atom stereocenters.